The van der Waals surface area contributed by atoms with Gasteiger partial charge in [-0.25, -0.2) is 0 Å². The average Bonchev–Trinajstić information content (AvgIpc) is 2.91. The molecule has 118 valence electrons. The van der Waals surface area contributed by atoms with Gasteiger partial charge in [0.25, 0.3) is 5.91 Å². The number of amides is 1. The van der Waals surface area contributed by atoms with Crippen LogP contribution in [0.15, 0.2) is 22.6 Å². The van der Waals surface area contributed by atoms with Gasteiger partial charge in [0.1, 0.15) is 5.58 Å². The molecule has 5 nitrogen and oxygen atoms in total. The van der Waals surface area contributed by atoms with Gasteiger partial charge in [0, 0.05) is 44.7 Å². The van der Waals surface area contributed by atoms with Gasteiger partial charge in [-0.05, 0) is 43.2 Å². The van der Waals surface area contributed by atoms with E-state index in [2.05, 4.69) is 28.5 Å². The molecule has 0 saturated carbocycles. The third-order valence-corrected chi connectivity index (χ3v) is 4.28. The van der Waals surface area contributed by atoms with Gasteiger partial charge in [0.15, 0.2) is 5.76 Å². The summed E-state index contributed by atoms with van der Waals surface area (Å²) in [6.07, 6.45) is 0. The molecular formula is C17H23N3O2. The second-order valence-electron chi connectivity index (χ2n) is 5.93. The predicted molar refractivity (Wildman–Crippen MR) is 87.3 cm³/mol. The summed E-state index contributed by atoms with van der Waals surface area (Å²) in [4.78, 5) is 14.5. The molecule has 1 aromatic heterocycles. The third kappa shape index (κ3) is 3.31. The highest BCUT2D eigenvalue weighted by atomic mass is 16.3. The maximum atomic E-state index is 12.2. The number of hydrogen-bond acceptors (Lipinski definition) is 4. The van der Waals surface area contributed by atoms with Gasteiger partial charge in [0.05, 0.1) is 0 Å². The number of fused-ring (bicyclic) bond motifs is 1. The Balaban J connectivity index is 1.59. The van der Waals surface area contributed by atoms with Crippen LogP contribution in [0.25, 0.3) is 11.0 Å². The molecule has 0 atom stereocenters. The van der Waals surface area contributed by atoms with Crippen LogP contribution in [-0.4, -0.2) is 50.1 Å². The fourth-order valence-electron chi connectivity index (χ4n) is 2.76. The van der Waals surface area contributed by atoms with Crippen LogP contribution in [0.4, 0.5) is 0 Å². The van der Waals surface area contributed by atoms with Gasteiger partial charge in [-0.2, -0.15) is 0 Å². The van der Waals surface area contributed by atoms with Crippen LogP contribution in [0, 0.1) is 13.8 Å². The molecule has 1 aromatic carbocycles. The smallest absolute Gasteiger partial charge is 0.287 e. The third-order valence-electron chi connectivity index (χ3n) is 4.28. The fourth-order valence-corrected chi connectivity index (χ4v) is 2.76. The molecule has 1 saturated heterocycles. The van der Waals surface area contributed by atoms with E-state index in [9.17, 15) is 4.79 Å². The van der Waals surface area contributed by atoms with Crippen LogP contribution in [0.3, 0.4) is 0 Å². The van der Waals surface area contributed by atoms with Gasteiger partial charge in [0.2, 0.25) is 0 Å². The van der Waals surface area contributed by atoms with Crippen molar-refractivity contribution >= 4 is 16.9 Å². The molecule has 3 rings (SSSR count). The standard InChI is InChI=1S/C17H23N3O2/c1-12-9-14-11-16(22-15(14)10-13(12)2)17(21)19-5-8-20-6-3-18-4-7-20/h9-11,18H,3-8H2,1-2H3,(H,19,21). The number of carbonyl (C=O) groups excluding carboxylic acids is 1. The molecule has 1 aliphatic rings. The number of aryl methyl sites for hydroxylation is 2. The lowest BCUT2D eigenvalue weighted by atomic mass is 10.1. The Labute approximate surface area is 130 Å². The second kappa shape index (κ2) is 6.50. The Morgan fingerprint density at radius 1 is 1.23 bits per heavy atom. The quantitative estimate of drug-likeness (QED) is 0.902. The number of nitrogens with zero attached hydrogens (tertiary/aromatic N) is 1. The molecule has 0 radical (unpaired) electrons. The van der Waals surface area contributed by atoms with E-state index < -0.39 is 0 Å². The minimum atomic E-state index is -0.137. The minimum Gasteiger partial charge on any atom is -0.451 e. The topological polar surface area (TPSA) is 57.5 Å². The number of furan rings is 1. The number of rotatable bonds is 4. The van der Waals surface area contributed by atoms with E-state index in [0.29, 0.717) is 12.3 Å². The summed E-state index contributed by atoms with van der Waals surface area (Å²) in [7, 11) is 0. The SMILES string of the molecule is Cc1cc2cc(C(=O)NCCN3CCNCC3)oc2cc1C. The summed E-state index contributed by atoms with van der Waals surface area (Å²) < 4.78 is 5.67. The predicted octanol–water partition coefficient (Wildman–Crippen LogP) is 1.68. The fraction of sp³-hybridized carbons (Fsp3) is 0.471. The number of piperazine rings is 1. The van der Waals surface area contributed by atoms with Gasteiger partial charge >= 0.3 is 0 Å². The first-order valence-corrected chi connectivity index (χ1v) is 7.85. The molecule has 1 amide bonds. The summed E-state index contributed by atoms with van der Waals surface area (Å²) in [5, 5.41) is 7.24. The summed E-state index contributed by atoms with van der Waals surface area (Å²) in [6, 6.07) is 5.87. The lowest BCUT2D eigenvalue weighted by molar-refractivity contribution is 0.0922. The van der Waals surface area contributed by atoms with Crippen molar-refractivity contribution in [2.45, 2.75) is 13.8 Å². The Kier molecular flexibility index (Phi) is 4.45. The van der Waals surface area contributed by atoms with Crippen LogP contribution in [-0.2, 0) is 0 Å². The molecule has 1 aliphatic heterocycles. The summed E-state index contributed by atoms with van der Waals surface area (Å²) in [5.41, 5.74) is 3.15. The normalized spacial score (nSPS) is 16.1. The van der Waals surface area contributed by atoms with Crippen molar-refractivity contribution in [1.82, 2.24) is 15.5 Å². The molecule has 0 bridgehead atoms. The Hall–Kier alpha value is -1.85. The van der Waals surface area contributed by atoms with E-state index in [-0.39, 0.29) is 5.91 Å². The first-order valence-electron chi connectivity index (χ1n) is 7.85. The highest BCUT2D eigenvalue weighted by Gasteiger charge is 2.14. The first-order chi connectivity index (χ1) is 10.6. The number of hydrogen-bond donors (Lipinski definition) is 2. The van der Waals surface area contributed by atoms with Gasteiger partial charge in [-0.3, -0.25) is 9.69 Å². The van der Waals surface area contributed by atoms with Crippen molar-refractivity contribution in [2.75, 3.05) is 39.3 Å². The second-order valence-corrected chi connectivity index (χ2v) is 5.93. The number of benzene rings is 1. The van der Waals surface area contributed by atoms with Crippen molar-refractivity contribution in [3.63, 3.8) is 0 Å². The maximum absolute atomic E-state index is 12.2. The monoisotopic (exact) mass is 301 g/mol. The van der Waals surface area contributed by atoms with Gasteiger partial charge in [-0.15, -0.1) is 0 Å². The molecule has 2 N–H and O–H groups in total. The van der Waals surface area contributed by atoms with E-state index in [1.54, 1.807) is 0 Å². The van der Waals surface area contributed by atoms with Gasteiger partial charge < -0.3 is 15.1 Å². The lowest BCUT2D eigenvalue weighted by Gasteiger charge is -2.26. The van der Waals surface area contributed by atoms with E-state index in [1.807, 2.05) is 19.1 Å². The molecule has 0 spiro atoms. The molecule has 5 heteroatoms. The molecule has 2 heterocycles. The average molecular weight is 301 g/mol. The van der Waals surface area contributed by atoms with Crippen molar-refractivity contribution < 1.29 is 9.21 Å². The van der Waals surface area contributed by atoms with E-state index in [0.717, 1.165) is 43.7 Å². The van der Waals surface area contributed by atoms with Gasteiger partial charge in [-0.1, -0.05) is 0 Å². The van der Waals surface area contributed by atoms with Crippen molar-refractivity contribution in [1.29, 1.82) is 0 Å². The van der Waals surface area contributed by atoms with Crippen molar-refractivity contribution in [2.24, 2.45) is 0 Å². The van der Waals surface area contributed by atoms with Crippen LogP contribution in [0.5, 0.6) is 0 Å². The number of carbonyl (C=O) groups is 1. The maximum Gasteiger partial charge on any atom is 0.287 e. The highest BCUT2D eigenvalue weighted by Crippen LogP contribution is 2.23. The summed E-state index contributed by atoms with van der Waals surface area (Å²) in [5.74, 6) is 0.252. The lowest BCUT2D eigenvalue weighted by Crippen LogP contribution is -2.46. The minimum absolute atomic E-state index is 0.137. The molecule has 1 fully saturated rings. The molecule has 22 heavy (non-hydrogen) atoms. The van der Waals surface area contributed by atoms with Crippen molar-refractivity contribution in [3.05, 3.63) is 35.1 Å². The first kappa shape index (κ1) is 15.1. The Bertz CT molecular complexity index is 633. The largest absolute Gasteiger partial charge is 0.451 e. The van der Waals surface area contributed by atoms with Crippen LogP contribution in [0.2, 0.25) is 0 Å². The zero-order chi connectivity index (χ0) is 15.5. The molecular weight excluding hydrogens is 278 g/mol. The van der Waals surface area contributed by atoms with Crippen LogP contribution in [0.1, 0.15) is 21.7 Å². The van der Waals surface area contributed by atoms with Crippen LogP contribution < -0.4 is 10.6 Å². The zero-order valence-electron chi connectivity index (χ0n) is 13.2. The Morgan fingerprint density at radius 2 is 1.95 bits per heavy atom. The zero-order valence-corrected chi connectivity index (χ0v) is 13.2. The van der Waals surface area contributed by atoms with E-state index in [4.69, 9.17) is 4.42 Å². The Morgan fingerprint density at radius 3 is 2.73 bits per heavy atom. The van der Waals surface area contributed by atoms with Crippen molar-refractivity contribution in [3.8, 4) is 0 Å². The highest BCUT2D eigenvalue weighted by molar-refractivity contribution is 5.96. The molecule has 2 aromatic rings. The van der Waals surface area contributed by atoms with E-state index >= 15 is 0 Å². The summed E-state index contributed by atoms with van der Waals surface area (Å²) >= 11 is 0. The van der Waals surface area contributed by atoms with Crippen LogP contribution >= 0.6 is 0 Å². The molecule has 0 unspecified atom stereocenters. The molecule has 0 aliphatic carbocycles. The number of nitrogens with one attached hydrogen (secondary N) is 2. The van der Waals surface area contributed by atoms with E-state index in [1.165, 1.54) is 11.1 Å². The summed E-state index contributed by atoms with van der Waals surface area (Å²) in [6.45, 7) is 9.77.